The maximum atomic E-state index is 13.6. The van der Waals surface area contributed by atoms with Crippen LogP contribution in [-0.2, 0) is 12.7 Å². The van der Waals surface area contributed by atoms with Crippen molar-refractivity contribution in [3.05, 3.63) is 95.1 Å². The predicted octanol–water partition coefficient (Wildman–Crippen LogP) is 5.59. The standard InChI is InChI=1S/C23H20F3N3O2/c1-15-7-5-6-10-17(15)14-27-22(31)29-20-12-11-18(13-19(20)23(24,25)26)28-21(30)16-8-3-2-4-9-16/h2-13H,14H2,1H3,(H,28,30)(H2,27,29,31). The van der Waals surface area contributed by atoms with E-state index in [1.807, 2.05) is 31.2 Å². The molecule has 5 nitrogen and oxygen atoms in total. The van der Waals surface area contributed by atoms with Crippen LogP contribution in [0.3, 0.4) is 0 Å². The number of benzene rings is 3. The number of hydrogen-bond donors (Lipinski definition) is 3. The van der Waals surface area contributed by atoms with E-state index in [2.05, 4.69) is 16.0 Å². The van der Waals surface area contributed by atoms with E-state index in [-0.39, 0.29) is 12.2 Å². The van der Waals surface area contributed by atoms with Crippen molar-refractivity contribution in [2.24, 2.45) is 0 Å². The number of amides is 3. The van der Waals surface area contributed by atoms with Gasteiger partial charge >= 0.3 is 12.2 Å². The molecule has 8 heteroatoms. The molecule has 0 spiro atoms. The van der Waals surface area contributed by atoms with Gasteiger partial charge in [-0.1, -0.05) is 42.5 Å². The Morgan fingerprint density at radius 3 is 2.23 bits per heavy atom. The summed E-state index contributed by atoms with van der Waals surface area (Å²) >= 11 is 0. The Kier molecular flexibility index (Phi) is 6.59. The van der Waals surface area contributed by atoms with Crippen molar-refractivity contribution in [2.75, 3.05) is 10.6 Å². The van der Waals surface area contributed by atoms with E-state index in [1.54, 1.807) is 30.3 Å². The normalized spacial score (nSPS) is 11.0. The summed E-state index contributed by atoms with van der Waals surface area (Å²) < 4.78 is 40.7. The average Bonchev–Trinajstić information content (AvgIpc) is 2.74. The number of hydrogen-bond acceptors (Lipinski definition) is 2. The van der Waals surface area contributed by atoms with Crippen LogP contribution in [-0.4, -0.2) is 11.9 Å². The maximum Gasteiger partial charge on any atom is 0.418 e. The second kappa shape index (κ2) is 9.34. The fourth-order valence-electron chi connectivity index (χ4n) is 2.91. The van der Waals surface area contributed by atoms with E-state index in [1.165, 1.54) is 6.07 Å². The number of carbonyl (C=O) groups excluding carboxylic acids is 2. The van der Waals surface area contributed by atoms with Gasteiger partial charge in [-0.3, -0.25) is 4.79 Å². The molecule has 3 aromatic rings. The lowest BCUT2D eigenvalue weighted by molar-refractivity contribution is -0.136. The molecule has 0 fully saturated rings. The van der Waals surface area contributed by atoms with Crippen LogP contribution in [0, 0.1) is 6.92 Å². The third-order valence-electron chi connectivity index (χ3n) is 4.57. The largest absolute Gasteiger partial charge is 0.418 e. The lowest BCUT2D eigenvalue weighted by Gasteiger charge is -2.16. The molecule has 3 N–H and O–H groups in total. The van der Waals surface area contributed by atoms with E-state index < -0.39 is 29.4 Å². The van der Waals surface area contributed by atoms with E-state index in [9.17, 15) is 22.8 Å². The first kappa shape index (κ1) is 21.9. The summed E-state index contributed by atoms with van der Waals surface area (Å²) in [6.45, 7) is 2.05. The molecular weight excluding hydrogens is 407 g/mol. The van der Waals surface area contributed by atoms with Crippen LogP contribution in [0.25, 0.3) is 0 Å². The van der Waals surface area contributed by atoms with Gasteiger partial charge in [0.1, 0.15) is 0 Å². The van der Waals surface area contributed by atoms with Gasteiger partial charge in [-0.25, -0.2) is 4.79 Å². The summed E-state index contributed by atoms with van der Waals surface area (Å²) in [5, 5.41) is 7.22. The van der Waals surface area contributed by atoms with Gasteiger partial charge in [0.15, 0.2) is 0 Å². The first-order valence-electron chi connectivity index (χ1n) is 9.41. The highest BCUT2D eigenvalue weighted by atomic mass is 19.4. The Labute approximate surface area is 177 Å². The molecule has 0 bridgehead atoms. The van der Waals surface area contributed by atoms with Crippen LogP contribution in [0.1, 0.15) is 27.0 Å². The minimum Gasteiger partial charge on any atom is -0.334 e. The quantitative estimate of drug-likeness (QED) is 0.497. The van der Waals surface area contributed by atoms with Crippen molar-refractivity contribution in [1.29, 1.82) is 0 Å². The van der Waals surface area contributed by atoms with Gasteiger partial charge in [-0.15, -0.1) is 0 Å². The second-order valence-corrected chi connectivity index (χ2v) is 6.81. The number of carbonyl (C=O) groups is 2. The number of halogens is 3. The zero-order valence-corrected chi connectivity index (χ0v) is 16.6. The van der Waals surface area contributed by atoms with Crippen molar-refractivity contribution < 1.29 is 22.8 Å². The highest BCUT2D eigenvalue weighted by Gasteiger charge is 2.34. The highest BCUT2D eigenvalue weighted by Crippen LogP contribution is 2.36. The van der Waals surface area contributed by atoms with Crippen molar-refractivity contribution >= 4 is 23.3 Å². The molecule has 0 aliphatic rings. The first-order chi connectivity index (χ1) is 14.7. The molecule has 0 aliphatic carbocycles. The number of urea groups is 1. The molecule has 3 rings (SSSR count). The van der Waals surface area contributed by atoms with Crippen LogP contribution in [0.2, 0.25) is 0 Å². The Morgan fingerprint density at radius 2 is 1.55 bits per heavy atom. The molecule has 31 heavy (non-hydrogen) atoms. The van der Waals surface area contributed by atoms with Crippen LogP contribution in [0.15, 0.2) is 72.8 Å². The van der Waals surface area contributed by atoms with E-state index in [0.717, 1.165) is 23.3 Å². The summed E-state index contributed by atoms with van der Waals surface area (Å²) in [4.78, 5) is 24.4. The van der Waals surface area contributed by atoms with Gasteiger partial charge in [0.2, 0.25) is 0 Å². The first-order valence-corrected chi connectivity index (χ1v) is 9.41. The van der Waals surface area contributed by atoms with E-state index in [0.29, 0.717) is 5.56 Å². The summed E-state index contributed by atoms with van der Waals surface area (Å²) in [6.07, 6.45) is -4.73. The van der Waals surface area contributed by atoms with Crippen LogP contribution < -0.4 is 16.0 Å². The molecule has 0 radical (unpaired) electrons. The molecule has 0 heterocycles. The highest BCUT2D eigenvalue weighted by molar-refractivity contribution is 6.04. The van der Waals surface area contributed by atoms with Gasteiger partial charge in [-0.05, 0) is 48.4 Å². The van der Waals surface area contributed by atoms with Gasteiger partial charge < -0.3 is 16.0 Å². The molecular formula is C23H20F3N3O2. The molecule has 3 amide bonds. The Balaban J connectivity index is 1.73. The van der Waals surface area contributed by atoms with Crippen LogP contribution >= 0.6 is 0 Å². The van der Waals surface area contributed by atoms with Crippen molar-refractivity contribution in [3.8, 4) is 0 Å². The van der Waals surface area contributed by atoms with Gasteiger partial charge in [0.05, 0.1) is 11.3 Å². The number of alkyl halides is 3. The minimum absolute atomic E-state index is 0.0351. The van der Waals surface area contributed by atoms with Crippen molar-refractivity contribution in [3.63, 3.8) is 0 Å². The molecule has 0 saturated heterocycles. The number of rotatable bonds is 5. The van der Waals surface area contributed by atoms with Crippen molar-refractivity contribution in [1.82, 2.24) is 5.32 Å². The second-order valence-electron chi connectivity index (χ2n) is 6.81. The molecule has 160 valence electrons. The van der Waals surface area contributed by atoms with Gasteiger partial charge in [0, 0.05) is 17.8 Å². The fourth-order valence-corrected chi connectivity index (χ4v) is 2.91. The number of aryl methyl sites for hydroxylation is 1. The molecule has 0 unspecified atom stereocenters. The third kappa shape index (κ3) is 5.85. The minimum atomic E-state index is -4.73. The molecule has 0 aliphatic heterocycles. The van der Waals surface area contributed by atoms with Gasteiger partial charge in [0.25, 0.3) is 5.91 Å². The third-order valence-corrected chi connectivity index (χ3v) is 4.57. The topological polar surface area (TPSA) is 70.2 Å². The van der Waals surface area contributed by atoms with Crippen LogP contribution in [0.5, 0.6) is 0 Å². The maximum absolute atomic E-state index is 13.6. The van der Waals surface area contributed by atoms with Crippen LogP contribution in [0.4, 0.5) is 29.3 Å². The summed E-state index contributed by atoms with van der Waals surface area (Å²) in [5.74, 6) is -0.537. The smallest absolute Gasteiger partial charge is 0.334 e. The lowest BCUT2D eigenvalue weighted by atomic mass is 10.1. The number of nitrogens with one attached hydrogen (secondary N) is 3. The Hall–Kier alpha value is -3.81. The molecule has 0 saturated carbocycles. The molecule has 0 atom stereocenters. The zero-order chi connectivity index (χ0) is 22.4. The summed E-state index contributed by atoms with van der Waals surface area (Å²) in [7, 11) is 0. The zero-order valence-electron chi connectivity index (χ0n) is 16.6. The molecule has 0 aromatic heterocycles. The Morgan fingerprint density at radius 1 is 0.871 bits per heavy atom. The van der Waals surface area contributed by atoms with E-state index in [4.69, 9.17) is 0 Å². The van der Waals surface area contributed by atoms with E-state index >= 15 is 0 Å². The van der Waals surface area contributed by atoms with Gasteiger partial charge in [-0.2, -0.15) is 13.2 Å². The molecule has 3 aromatic carbocycles. The van der Waals surface area contributed by atoms with Crippen molar-refractivity contribution in [2.45, 2.75) is 19.6 Å². The Bertz CT molecular complexity index is 1080. The fraction of sp³-hybridized carbons (Fsp3) is 0.130. The average molecular weight is 427 g/mol. The SMILES string of the molecule is Cc1ccccc1CNC(=O)Nc1ccc(NC(=O)c2ccccc2)cc1C(F)(F)F. The monoisotopic (exact) mass is 427 g/mol. The lowest BCUT2D eigenvalue weighted by Crippen LogP contribution is -2.29. The predicted molar refractivity (Wildman–Crippen MR) is 113 cm³/mol. The summed E-state index contributed by atoms with van der Waals surface area (Å²) in [5.41, 5.74) is 0.614. The summed E-state index contributed by atoms with van der Waals surface area (Å²) in [6, 6.07) is 17.9. The number of anilines is 2.